The Morgan fingerprint density at radius 1 is 1.17 bits per heavy atom. The first-order valence-corrected chi connectivity index (χ1v) is 13.0. The second kappa shape index (κ2) is 7.79. The molecule has 9 heteroatoms. The molecule has 1 aliphatic rings. The summed E-state index contributed by atoms with van der Waals surface area (Å²) in [6.07, 6.45) is 2.54. The van der Waals surface area contributed by atoms with Gasteiger partial charge in [-0.15, -0.1) is 0 Å². The molecule has 0 amide bonds. The van der Waals surface area contributed by atoms with Crippen molar-refractivity contribution in [2.75, 3.05) is 18.1 Å². The van der Waals surface area contributed by atoms with Crippen LogP contribution in [0.15, 0.2) is 53.6 Å². The van der Waals surface area contributed by atoms with Crippen molar-refractivity contribution >= 4 is 30.6 Å². The summed E-state index contributed by atoms with van der Waals surface area (Å²) < 4.78 is 64.3. The van der Waals surface area contributed by atoms with Crippen molar-refractivity contribution in [1.82, 2.24) is 10.3 Å². The third kappa shape index (κ3) is 4.01. The zero-order chi connectivity index (χ0) is 21.5. The number of para-hydroxylation sites is 1. The second-order valence-electron chi connectivity index (χ2n) is 7.74. The largest absolute Gasteiger partial charge is 0.361 e. The Kier molecular flexibility index (Phi) is 5.46. The summed E-state index contributed by atoms with van der Waals surface area (Å²) in [5.74, 6) is -1.16. The second-order valence-corrected chi connectivity index (χ2v) is 12.1. The molecular weight excluding hydrogens is 427 g/mol. The molecule has 0 bridgehead atoms. The lowest BCUT2D eigenvalue weighted by Crippen LogP contribution is -2.44. The fourth-order valence-electron chi connectivity index (χ4n) is 4.01. The molecule has 0 spiro atoms. The average Bonchev–Trinajstić information content (AvgIpc) is 3.24. The number of nitrogens with one attached hydrogen (secondary N) is 2. The predicted molar refractivity (Wildman–Crippen MR) is 115 cm³/mol. The van der Waals surface area contributed by atoms with Gasteiger partial charge in [0.25, 0.3) is 0 Å². The number of sulfone groups is 2. The van der Waals surface area contributed by atoms with Crippen LogP contribution in [0.5, 0.6) is 0 Å². The number of rotatable bonds is 6. The number of H-pyrrole nitrogens is 1. The van der Waals surface area contributed by atoms with E-state index in [1.165, 1.54) is 19.1 Å². The highest BCUT2D eigenvalue weighted by Gasteiger charge is 2.45. The van der Waals surface area contributed by atoms with Crippen LogP contribution in [0.1, 0.15) is 11.1 Å². The first kappa shape index (κ1) is 21.0. The fourth-order valence-corrected chi connectivity index (χ4v) is 8.81. The lowest BCUT2D eigenvalue weighted by atomic mass is 10.1. The van der Waals surface area contributed by atoms with Gasteiger partial charge in [-0.05, 0) is 55.3 Å². The fraction of sp³-hybridized carbons (Fsp3) is 0.333. The van der Waals surface area contributed by atoms with Crippen LogP contribution < -0.4 is 5.32 Å². The van der Waals surface area contributed by atoms with E-state index < -0.39 is 42.5 Å². The van der Waals surface area contributed by atoms with Gasteiger partial charge in [-0.25, -0.2) is 21.2 Å². The quantitative estimate of drug-likeness (QED) is 0.562. The van der Waals surface area contributed by atoms with Gasteiger partial charge in [0.05, 0.1) is 21.7 Å². The number of hydrogen-bond acceptors (Lipinski definition) is 5. The van der Waals surface area contributed by atoms with Crippen molar-refractivity contribution in [1.29, 1.82) is 0 Å². The first-order valence-electron chi connectivity index (χ1n) is 9.66. The number of halogens is 1. The Labute approximate surface area is 175 Å². The van der Waals surface area contributed by atoms with Crippen LogP contribution in [0.3, 0.4) is 0 Å². The lowest BCUT2D eigenvalue weighted by Gasteiger charge is -2.20. The van der Waals surface area contributed by atoms with E-state index in [1.54, 1.807) is 0 Å². The summed E-state index contributed by atoms with van der Waals surface area (Å²) in [5.41, 5.74) is 2.30. The van der Waals surface area contributed by atoms with Gasteiger partial charge in [-0.1, -0.05) is 18.2 Å². The van der Waals surface area contributed by atoms with E-state index >= 15 is 0 Å². The number of benzene rings is 2. The molecule has 0 unspecified atom stereocenters. The van der Waals surface area contributed by atoms with Crippen molar-refractivity contribution in [3.05, 3.63) is 65.6 Å². The zero-order valence-electron chi connectivity index (χ0n) is 16.4. The van der Waals surface area contributed by atoms with Gasteiger partial charge in [-0.2, -0.15) is 0 Å². The number of fused-ring (bicyclic) bond motifs is 1. The number of aromatic nitrogens is 1. The molecule has 4 rings (SSSR count). The van der Waals surface area contributed by atoms with E-state index in [9.17, 15) is 21.2 Å². The summed E-state index contributed by atoms with van der Waals surface area (Å²) in [6.45, 7) is 1.92. The monoisotopic (exact) mass is 450 g/mol. The molecule has 1 aromatic heterocycles. The highest BCUT2D eigenvalue weighted by atomic mass is 32.2. The van der Waals surface area contributed by atoms with Crippen LogP contribution in [0.2, 0.25) is 0 Å². The SMILES string of the molecule is Cc1cc(S(=O)(=O)[C@@H]2CS(=O)(=O)C[C@H]2NCCc2c[nH]c3ccccc23)ccc1F. The predicted octanol–water partition coefficient (Wildman–Crippen LogP) is 2.39. The molecule has 0 saturated carbocycles. The van der Waals surface area contributed by atoms with Crippen LogP contribution in [0.4, 0.5) is 4.39 Å². The molecule has 160 valence electrons. The minimum absolute atomic E-state index is 0.0491. The highest BCUT2D eigenvalue weighted by molar-refractivity contribution is 7.96. The van der Waals surface area contributed by atoms with Gasteiger partial charge in [-0.3, -0.25) is 0 Å². The number of aromatic amines is 1. The zero-order valence-corrected chi connectivity index (χ0v) is 18.1. The minimum atomic E-state index is -3.93. The molecular formula is C21H23FN2O4S2. The molecule has 3 aromatic rings. The van der Waals surface area contributed by atoms with Crippen molar-refractivity contribution in [3.63, 3.8) is 0 Å². The number of hydrogen-bond donors (Lipinski definition) is 2. The lowest BCUT2D eigenvalue weighted by molar-refractivity contribution is 0.528. The summed E-state index contributed by atoms with van der Waals surface area (Å²) >= 11 is 0. The maximum absolute atomic E-state index is 13.6. The standard InChI is InChI=1S/C21H23FN2O4S2/c1-14-10-16(6-7-18(14)22)30(27,28)21-13-29(25,26)12-20(21)23-9-8-15-11-24-19-5-3-2-4-17(15)19/h2-7,10-11,20-21,23-24H,8-9,12-13H2,1H3/t20-,21-/m1/s1. The molecule has 1 aliphatic heterocycles. The van der Waals surface area contributed by atoms with Gasteiger partial charge >= 0.3 is 0 Å². The first-order chi connectivity index (χ1) is 14.2. The van der Waals surface area contributed by atoms with Gasteiger partial charge < -0.3 is 10.3 Å². The van der Waals surface area contributed by atoms with E-state index in [-0.39, 0.29) is 16.2 Å². The molecule has 2 atom stereocenters. The van der Waals surface area contributed by atoms with E-state index in [4.69, 9.17) is 0 Å². The Morgan fingerprint density at radius 2 is 1.93 bits per heavy atom. The molecule has 6 nitrogen and oxygen atoms in total. The van der Waals surface area contributed by atoms with Gasteiger partial charge in [0, 0.05) is 23.1 Å². The molecule has 0 radical (unpaired) electrons. The molecule has 1 saturated heterocycles. The van der Waals surface area contributed by atoms with Gasteiger partial charge in [0.15, 0.2) is 19.7 Å². The number of aryl methyl sites for hydroxylation is 1. The minimum Gasteiger partial charge on any atom is -0.361 e. The van der Waals surface area contributed by atoms with E-state index in [0.717, 1.165) is 22.5 Å². The summed E-state index contributed by atoms with van der Waals surface area (Å²) in [5, 5.41) is 3.13. The van der Waals surface area contributed by atoms with Crippen LogP contribution in [-0.4, -0.2) is 51.2 Å². The summed E-state index contributed by atoms with van der Waals surface area (Å²) in [6, 6.07) is 10.7. The molecule has 30 heavy (non-hydrogen) atoms. The molecule has 0 aliphatic carbocycles. The smallest absolute Gasteiger partial charge is 0.183 e. The highest BCUT2D eigenvalue weighted by Crippen LogP contribution is 2.27. The van der Waals surface area contributed by atoms with Crippen LogP contribution in [0, 0.1) is 12.7 Å². The van der Waals surface area contributed by atoms with E-state index in [0.29, 0.717) is 13.0 Å². The summed E-state index contributed by atoms with van der Waals surface area (Å²) in [7, 11) is -7.43. The normalized spacial score (nSPS) is 21.3. The van der Waals surface area contributed by atoms with Gasteiger partial charge in [0.1, 0.15) is 5.82 Å². The van der Waals surface area contributed by atoms with Crippen LogP contribution >= 0.6 is 0 Å². The van der Waals surface area contributed by atoms with Gasteiger partial charge in [0.2, 0.25) is 0 Å². The van der Waals surface area contributed by atoms with E-state index in [2.05, 4.69) is 10.3 Å². The third-order valence-electron chi connectivity index (χ3n) is 5.63. The Balaban J connectivity index is 1.53. The molecule has 2 heterocycles. The van der Waals surface area contributed by atoms with Crippen molar-refractivity contribution in [3.8, 4) is 0 Å². The van der Waals surface area contributed by atoms with E-state index in [1.807, 2.05) is 30.5 Å². The Bertz CT molecular complexity index is 1300. The van der Waals surface area contributed by atoms with Crippen LogP contribution in [0.25, 0.3) is 10.9 Å². The average molecular weight is 451 g/mol. The Hall–Kier alpha value is -2.23. The molecule has 1 fully saturated rings. The topological polar surface area (TPSA) is 96.1 Å². The molecule has 2 N–H and O–H groups in total. The van der Waals surface area contributed by atoms with Crippen molar-refractivity contribution in [2.45, 2.75) is 29.5 Å². The Morgan fingerprint density at radius 3 is 2.70 bits per heavy atom. The third-order valence-corrected chi connectivity index (χ3v) is 9.78. The molecule has 2 aromatic carbocycles. The van der Waals surface area contributed by atoms with Crippen molar-refractivity contribution < 1.29 is 21.2 Å². The maximum atomic E-state index is 13.6. The maximum Gasteiger partial charge on any atom is 0.183 e. The summed E-state index contributed by atoms with van der Waals surface area (Å²) in [4.78, 5) is 3.14. The van der Waals surface area contributed by atoms with Crippen molar-refractivity contribution in [2.24, 2.45) is 0 Å². The van der Waals surface area contributed by atoms with Crippen LogP contribution in [-0.2, 0) is 26.1 Å².